The van der Waals surface area contributed by atoms with Crippen molar-refractivity contribution in [3.8, 4) is 5.75 Å². The summed E-state index contributed by atoms with van der Waals surface area (Å²) in [6, 6.07) is 9.95. The molecule has 0 amide bonds. The highest BCUT2D eigenvalue weighted by molar-refractivity contribution is 7.99. The highest BCUT2D eigenvalue weighted by Gasteiger charge is 2.14. The second-order valence-corrected chi connectivity index (χ2v) is 5.00. The Labute approximate surface area is 116 Å². The third-order valence-electron chi connectivity index (χ3n) is 2.63. The van der Waals surface area contributed by atoms with E-state index in [0.717, 1.165) is 0 Å². The molecule has 0 saturated heterocycles. The van der Waals surface area contributed by atoms with Gasteiger partial charge in [-0.25, -0.2) is 4.39 Å². The highest BCUT2D eigenvalue weighted by atomic mass is 32.2. The van der Waals surface area contributed by atoms with Crippen molar-refractivity contribution < 1.29 is 9.13 Å². The van der Waals surface area contributed by atoms with E-state index in [1.54, 1.807) is 37.6 Å². The molecule has 2 aromatic rings. The van der Waals surface area contributed by atoms with E-state index in [-0.39, 0.29) is 11.9 Å². The quantitative estimate of drug-likeness (QED) is 0.854. The topological polar surface area (TPSA) is 48.1 Å². The van der Waals surface area contributed by atoms with Gasteiger partial charge in [0.1, 0.15) is 11.6 Å². The minimum atomic E-state index is -0.305. The maximum atomic E-state index is 13.5. The Hall–Kier alpha value is -1.59. The van der Waals surface area contributed by atoms with Crippen LogP contribution in [0.2, 0.25) is 0 Å². The summed E-state index contributed by atoms with van der Waals surface area (Å²) >= 11 is 1.37. The van der Waals surface area contributed by atoms with Crippen LogP contribution in [0, 0.1) is 5.82 Å². The predicted octanol–water partition coefficient (Wildman–Crippen LogP) is 3.02. The molecule has 1 aromatic carbocycles. The van der Waals surface area contributed by atoms with Crippen LogP contribution in [-0.4, -0.2) is 17.8 Å². The second-order valence-electron chi connectivity index (χ2n) is 3.94. The van der Waals surface area contributed by atoms with E-state index in [0.29, 0.717) is 22.1 Å². The summed E-state index contributed by atoms with van der Waals surface area (Å²) in [7, 11) is 1.58. The number of hydrogen-bond donors (Lipinski definition) is 1. The average Bonchev–Trinajstić information content (AvgIpc) is 2.46. The fourth-order valence-electron chi connectivity index (χ4n) is 1.67. The van der Waals surface area contributed by atoms with E-state index in [9.17, 15) is 4.39 Å². The fraction of sp³-hybridized carbons (Fsp3) is 0.214. The Bertz CT molecular complexity index is 550. The molecule has 100 valence electrons. The SMILES string of the molecule is COc1cccnc1C(N)CSc1ccccc1F. The van der Waals surface area contributed by atoms with Crippen LogP contribution in [0.4, 0.5) is 4.39 Å². The number of methoxy groups -OCH3 is 1. The molecule has 1 atom stereocenters. The van der Waals surface area contributed by atoms with Gasteiger partial charge in [-0.15, -0.1) is 11.8 Å². The zero-order chi connectivity index (χ0) is 13.7. The number of benzene rings is 1. The molecule has 0 fully saturated rings. The number of halogens is 1. The van der Waals surface area contributed by atoms with Gasteiger partial charge in [0.15, 0.2) is 0 Å². The lowest BCUT2D eigenvalue weighted by Gasteiger charge is -2.14. The van der Waals surface area contributed by atoms with E-state index < -0.39 is 0 Å². The monoisotopic (exact) mass is 278 g/mol. The van der Waals surface area contributed by atoms with Gasteiger partial charge >= 0.3 is 0 Å². The lowest BCUT2D eigenvalue weighted by molar-refractivity contribution is 0.404. The van der Waals surface area contributed by atoms with Crippen LogP contribution in [0.1, 0.15) is 11.7 Å². The van der Waals surface area contributed by atoms with Crippen molar-refractivity contribution in [1.82, 2.24) is 4.98 Å². The largest absolute Gasteiger partial charge is 0.495 e. The van der Waals surface area contributed by atoms with Crippen LogP contribution in [-0.2, 0) is 0 Å². The average molecular weight is 278 g/mol. The Balaban J connectivity index is 2.05. The Morgan fingerprint density at radius 3 is 2.84 bits per heavy atom. The van der Waals surface area contributed by atoms with Crippen molar-refractivity contribution in [1.29, 1.82) is 0 Å². The predicted molar refractivity (Wildman–Crippen MR) is 74.8 cm³/mol. The lowest BCUT2D eigenvalue weighted by atomic mass is 10.2. The van der Waals surface area contributed by atoms with E-state index in [2.05, 4.69) is 4.98 Å². The zero-order valence-corrected chi connectivity index (χ0v) is 11.4. The molecule has 19 heavy (non-hydrogen) atoms. The number of thioether (sulfide) groups is 1. The molecule has 2 rings (SSSR count). The first kappa shape index (κ1) is 13.8. The van der Waals surface area contributed by atoms with Crippen molar-refractivity contribution in [3.63, 3.8) is 0 Å². The van der Waals surface area contributed by atoms with Gasteiger partial charge in [-0.2, -0.15) is 0 Å². The summed E-state index contributed by atoms with van der Waals surface area (Å²) < 4.78 is 18.7. The van der Waals surface area contributed by atoms with Gasteiger partial charge in [0.2, 0.25) is 0 Å². The van der Waals surface area contributed by atoms with Crippen LogP contribution in [0.15, 0.2) is 47.5 Å². The van der Waals surface area contributed by atoms with Gasteiger partial charge in [-0.1, -0.05) is 12.1 Å². The molecule has 1 aromatic heterocycles. The molecule has 1 unspecified atom stereocenters. The molecule has 0 aliphatic rings. The summed E-state index contributed by atoms with van der Waals surface area (Å²) in [5.41, 5.74) is 6.77. The summed E-state index contributed by atoms with van der Waals surface area (Å²) in [6.45, 7) is 0. The van der Waals surface area contributed by atoms with Crippen molar-refractivity contribution in [2.75, 3.05) is 12.9 Å². The van der Waals surface area contributed by atoms with E-state index >= 15 is 0 Å². The van der Waals surface area contributed by atoms with Crippen molar-refractivity contribution in [2.45, 2.75) is 10.9 Å². The van der Waals surface area contributed by atoms with Crippen molar-refractivity contribution in [2.24, 2.45) is 5.73 Å². The number of ether oxygens (including phenoxy) is 1. The Morgan fingerprint density at radius 1 is 1.32 bits per heavy atom. The molecule has 0 aliphatic heterocycles. The normalized spacial score (nSPS) is 12.2. The van der Waals surface area contributed by atoms with Crippen LogP contribution < -0.4 is 10.5 Å². The number of pyridine rings is 1. The molecular weight excluding hydrogens is 263 g/mol. The smallest absolute Gasteiger partial charge is 0.142 e. The lowest BCUT2D eigenvalue weighted by Crippen LogP contribution is -2.15. The maximum absolute atomic E-state index is 13.5. The summed E-state index contributed by atoms with van der Waals surface area (Å²) in [5.74, 6) is 0.964. The minimum Gasteiger partial charge on any atom is -0.495 e. The minimum absolute atomic E-state index is 0.229. The third kappa shape index (κ3) is 3.45. The van der Waals surface area contributed by atoms with Gasteiger partial charge in [-0.05, 0) is 24.3 Å². The summed E-state index contributed by atoms with van der Waals surface area (Å²) in [6.07, 6.45) is 1.67. The first-order valence-corrected chi connectivity index (χ1v) is 6.82. The van der Waals surface area contributed by atoms with E-state index in [1.165, 1.54) is 17.8 Å². The molecule has 2 N–H and O–H groups in total. The molecule has 5 heteroatoms. The number of nitrogens with zero attached hydrogens (tertiary/aromatic N) is 1. The van der Waals surface area contributed by atoms with Crippen molar-refractivity contribution in [3.05, 3.63) is 54.1 Å². The van der Waals surface area contributed by atoms with Gasteiger partial charge < -0.3 is 10.5 Å². The van der Waals surface area contributed by atoms with Crippen LogP contribution in [0.25, 0.3) is 0 Å². The zero-order valence-electron chi connectivity index (χ0n) is 10.5. The number of hydrogen-bond acceptors (Lipinski definition) is 4. The number of nitrogens with two attached hydrogens (primary N) is 1. The molecule has 0 bridgehead atoms. The van der Waals surface area contributed by atoms with Gasteiger partial charge in [0.25, 0.3) is 0 Å². The van der Waals surface area contributed by atoms with E-state index in [1.807, 2.05) is 6.07 Å². The molecule has 0 radical (unpaired) electrons. The van der Waals surface area contributed by atoms with Gasteiger partial charge in [0, 0.05) is 16.8 Å². The maximum Gasteiger partial charge on any atom is 0.142 e. The molecular formula is C14H15FN2OS. The molecule has 0 aliphatic carbocycles. The fourth-order valence-corrected chi connectivity index (χ4v) is 2.57. The van der Waals surface area contributed by atoms with Crippen LogP contribution in [0.5, 0.6) is 5.75 Å². The first-order valence-electron chi connectivity index (χ1n) is 5.84. The first-order chi connectivity index (χ1) is 9.22. The van der Waals surface area contributed by atoms with Crippen LogP contribution >= 0.6 is 11.8 Å². The number of rotatable bonds is 5. The van der Waals surface area contributed by atoms with E-state index in [4.69, 9.17) is 10.5 Å². The van der Waals surface area contributed by atoms with Crippen LogP contribution in [0.3, 0.4) is 0 Å². The van der Waals surface area contributed by atoms with Crippen molar-refractivity contribution >= 4 is 11.8 Å². The molecule has 0 saturated carbocycles. The summed E-state index contributed by atoms with van der Waals surface area (Å²) in [4.78, 5) is 4.82. The third-order valence-corrected chi connectivity index (χ3v) is 3.79. The standard InChI is InChI=1S/C14H15FN2OS/c1-18-12-6-4-8-17-14(12)11(16)9-19-13-7-3-2-5-10(13)15/h2-8,11H,9,16H2,1H3. The molecule has 0 spiro atoms. The number of aromatic nitrogens is 1. The second kappa shape index (κ2) is 6.54. The Morgan fingerprint density at radius 2 is 2.11 bits per heavy atom. The highest BCUT2D eigenvalue weighted by Crippen LogP contribution is 2.28. The van der Waals surface area contributed by atoms with Gasteiger partial charge in [-0.3, -0.25) is 4.98 Å². The van der Waals surface area contributed by atoms with Gasteiger partial charge in [0.05, 0.1) is 18.8 Å². The summed E-state index contributed by atoms with van der Waals surface area (Å²) in [5, 5.41) is 0. The molecule has 1 heterocycles. The Kier molecular flexibility index (Phi) is 4.76. The molecule has 3 nitrogen and oxygen atoms in total.